The van der Waals surface area contributed by atoms with Gasteiger partial charge in [-0.1, -0.05) is 18.2 Å². The van der Waals surface area contributed by atoms with Crippen LogP contribution in [0.25, 0.3) is 10.1 Å². The van der Waals surface area contributed by atoms with E-state index in [1.165, 1.54) is 11.3 Å². The van der Waals surface area contributed by atoms with Gasteiger partial charge in [-0.2, -0.15) is 0 Å². The minimum absolute atomic E-state index is 0.297. The molecule has 5 heteroatoms. The zero-order valence-corrected chi connectivity index (χ0v) is 9.93. The largest absolute Gasteiger partial charge is 0.322 e. The van der Waals surface area contributed by atoms with Crippen molar-refractivity contribution in [3.05, 3.63) is 35.2 Å². The summed E-state index contributed by atoms with van der Waals surface area (Å²) in [7, 11) is 0. The van der Waals surface area contributed by atoms with Crippen LogP contribution in [0.3, 0.4) is 0 Å². The van der Waals surface area contributed by atoms with Gasteiger partial charge in [-0.15, -0.1) is 11.3 Å². The van der Waals surface area contributed by atoms with Gasteiger partial charge in [0.1, 0.15) is 0 Å². The number of imide groups is 1. The molecule has 86 valence electrons. The van der Waals surface area contributed by atoms with Gasteiger partial charge in [0.25, 0.3) is 5.91 Å². The lowest BCUT2D eigenvalue weighted by molar-refractivity contribution is -0.123. The molecule has 1 fully saturated rings. The first kappa shape index (κ1) is 10.3. The lowest BCUT2D eigenvalue weighted by Gasteiger charge is -2.18. The van der Waals surface area contributed by atoms with Crippen molar-refractivity contribution in [3.63, 3.8) is 0 Å². The summed E-state index contributed by atoms with van der Waals surface area (Å²) in [6, 6.07) is 9.42. The van der Waals surface area contributed by atoms with E-state index in [0.29, 0.717) is 0 Å². The molecule has 2 heterocycles. The van der Waals surface area contributed by atoms with Crippen LogP contribution in [-0.2, 0) is 10.3 Å². The van der Waals surface area contributed by atoms with E-state index in [2.05, 4.69) is 10.6 Å². The summed E-state index contributed by atoms with van der Waals surface area (Å²) in [5.41, 5.74) is -0.944. The van der Waals surface area contributed by atoms with Crippen molar-refractivity contribution >= 4 is 33.4 Å². The van der Waals surface area contributed by atoms with Gasteiger partial charge in [0.05, 0.1) is 0 Å². The van der Waals surface area contributed by atoms with Gasteiger partial charge in [-0.3, -0.25) is 10.1 Å². The van der Waals surface area contributed by atoms with Crippen LogP contribution in [0.5, 0.6) is 0 Å². The van der Waals surface area contributed by atoms with E-state index < -0.39 is 11.6 Å². The Morgan fingerprint density at radius 2 is 2.00 bits per heavy atom. The van der Waals surface area contributed by atoms with E-state index in [1.54, 1.807) is 6.92 Å². The van der Waals surface area contributed by atoms with Crippen molar-refractivity contribution in [2.75, 3.05) is 0 Å². The van der Waals surface area contributed by atoms with Crippen LogP contribution in [0, 0.1) is 0 Å². The van der Waals surface area contributed by atoms with Crippen LogP contribution in [0.2, 0.25) is 0 Å². The molecule has 1 aliphatic heterocycles. The molecule has 0 spiro atoms. The lowest BCUT2D eigenvalue weighted by atomic mass is 10.0. The molecule has 2 aromatic rings. The van der Waals surface area contributed by atoms with Gasteiger partial charge in [-0.25, -0.2) is 4.79 Å². The van der Waals surface area contributed by atoms with Gasteiger partial charge >= 0.3 is 6.03 Å². The van der Waals surface area contributed by atoms with Crippen LogP contribution >= 0.6 is 11.3 Å². The second kappa shape index (κ2) is 3.30. The number of rotatable bonds is 1. The maximum absolute atomic E-state index is 11.8. The summed E-state index contributed by atoms with van der Waals surface area (Å²) in [5, 5.41) is 6.02. The quantitative estimate of drug-likeness (QED) is 0.756. The zero-order chi connectivity index (χ0) is 12.0. The molecule has 1 aliphatic rings. The molecule has 1 aromatic carbocycles. The standard InChI is InChI=1S/C12H10N2O2S/c1-12(10(15)13-11(16)14-12)9-6-7-4-2-3-5-8(7)17-9/h2-6H,1H3,(H2,13,14,15,16). The molecule has 1 saturated heterocycles. The van der Waals surface area contributed by atoms with Crippen LogP contribution in [0.15, 0.2) is 30.3 Å². The highest BCUT2D eigenvalue weighted by molar-refractivity contribution is 7.19. The minimum atomic E-state index is -0.944. The Labute approximate surface area is 102 Å². The first-order chi connectivity index (χ1) is 8.09. The fraction of sp³-hybridized carbons (Fsp3) is 0.167. The molecule has 1 atom stereocenters. The summed E-state index contributed by atoms with van der Waals surface area (Å²) in [6.45, 7) is 1.72. The number of nitrogens with one attached hydrogen (secondary N) is 2. The minimum Gasteiger partial charge on any atom is -0.319 e. The van der Waals surface area contributed by atoms with Crippen LogP contribution in [0.1, 0.15) is 11.8 Å². The number of carbonyl (C=O) groups is 2. The van der Waals surface area contributed by atoms with Crippen molar-refractivity contribution in [2.24, 2.45) is 0 Å². The molecule has 3 amide bonds. The van der Waals surface area contributed by atoms with Crippen LogP contribution < -0.4 is 10.6 Å². The summed E-state index contributed by atoms with van der Waals surface area (Å²) >= 11 is 1.52. The fourth-order valence-corrected chi connectivity index (χ4v) is 3.11. The molecule has 1 unspecified atom stereocenters. The Morgan fingerprint density at radius 3 is 2.65 bits per heavy atom. The SMILES string of the molecule is CC1(c2cc3ccccc3s2)NC(=O)NC1=O. The van der Waals surface area contributed by atoms with Gasteiger partial charge < -0.3 is 5.32 Å². The summed E-state index contributed by atoms with van der Waals surface area (Å²) in [4.78, 5) is 23.9. The maximum atomic E-state index is 11.8. The topological polar surface area (TPSA) is 58.2 Å². The fourth-order valence-electron chi connectivity index (χ4n) is 1.94. The van der Waals surface area contributed by atoms with Crippen molar-refractivity contribution in [2.45, 2.75) is 12.5 Å². The highest BCUT2D eigenvalue weighted by Crippen LogP contribution is 2.34. The number of urea groups is 1. The Bertz CT molecular complexity index is 601. The third-order valence-electron chi connectivity index (χ3n) is 2.96. The van der Waals surface area contributed by atoms with Gasteiger partial charge in [0, 0.05) is 9.58 Å². The molecular formula is C12H10N2O2S. The molecule has 0 saturated carbocycles. The molecule has 0 aliphatic carbocycles. The molecule has 17 heavy (non-hydrogen) atoms. The van der Waals surface area contributed by atoms with Crippen molar-refractivity contribution in [1.82, 2.24) is 10.6 Å². The van der Waals surface area contributed by atoms with Crippen molar-refractivity contribution < 1.29 is 9.59 Å². The average Bonchev–Trinajstić information content (AvgIpc) is 2.81. The average molecular weight is 246 g/mol. The molecule has 0 radical (unpaired) electrons. The molecule has 2 N–H and O–H groups in total. The number of fused-ring (bicyclic) bond motifs is 1. The van der Waals surface area contributed by atoms with Crippen LogP contribution in [0.4, 0.5) is 4.79 Å². The first-order valence-electron chi connectivity index (χ1n) is 5.22. The van der Waals surface area contributed by atoms with E-state index in [-0.39, 0.29) is 5.91 Å². The van der Waals surface area contributed by atoms with Crippen molar-refractivity contribution in [3.8, 4) is 0 Å². The smallest absolute Gasteiger partial charge is 0.319 e. The summed E-state index contributed by atoms with van der Waals surface area (Å²) in [5.74, 6) is -0.297. The number of thiophene rings is 1. The number of hydrogen-bond acceptors (Lipinski definition) is 3. The number of benzene rings is 1. The van der Waals surface area contributed by atoms with Gasteiger partial charge in [0.15, 0.2) is 5.54 Å². The van der Waals surface area contributed by atoms with Crippen molar-refractivity contribution in [1.29, 1.82) is 0 Å². The van der Waals surface area contributed by atoms with E-state index in [9.17, 15) is 9.59 Å². The van der Waals surface area contributed by atoms with E-state index in [4.69, 9.17) is 0 Å². The highest BCUT2D eigenvalue weighted by Gasteiger charge is 2.44. The molecule has 4 nitrogen and oxygen atoms in total. The second-order valence-electron chi connectivity index (χ2n) is 4.18. The predicted octanol–water partition coefficient (Wildman–Crippen LogP) is 1.96. The molecule has 0 bridgehead atoms. The van der Waals surface area contributed by atoms with Crippen LogP contribution in [-0.4, -0.2) is 11.9 Å². The normalized spacial score (nSPS) is 23.8. The number of hydrogen-bond donors (Lipinski definition) is 2. The monoisotopic (exact) mass is 246 g/mol. The molecule has 3 rings (SSSR count). The molecule has 1 aromatic heterocycles. The Hall–Kier alpha value is -1.88. The van der Waals surface area contributed by atoms with E-state index in [0.717, 1.165) is 15.0 Å². The Morgan fingerprint density at radius 1 is 1.24 bits per heavy atom. The highest BCUT2D eigenvalue weighted by atomic mass is 32.1. The Kier molecular flexibility index (Phi) is 2.00. The maximum Gasteiger partial charge on any atom is 0.322 e. The summed E-state index contributed by atoms with van der Waals surface area (Å²) < 4.78 is 1.11. The van der Waals surface area contributed by atoms with E-state index >= 15 is 0 Å². The predicted molar refractivity (Wildman–Crippen MR) is 65.9 cm³/mol. The number of amides is 3. The van der Waals surface area contributed by atoms with E-state index in [1.807, 2.05) is 30.3 Å². The Balaban J connectivity index is 2.15. The third kappa shape index (κ3) is 1.43. The first-order valence-corrected chi connectivity index (χ1v) is 6.04. The van der Waals surface area contributed by atoms with Gasteiger partial charge in [0.2, 0.25) is 0 Å². The lowest BCUT2D eigenvalue weighted by Crippen LogP contribution is -2.39. The van der Waals surface area contributed by atoms with Gasteiger partial charge in [-0.05, 0) is 24.4 Å². The zero-order valence-electron chi connectivity index (χ0n) is 9.11. The summed E-state index contributed by atoms with van der Waals surface area (Å²) in [6.07, 6.45) is 0. The number of carbonyl (C=O) groups excluding carboxylic acids is 2. The molecular weight excluding hydrogens is 236 g/mol. The third-order valence-corrected chi connectivity index (χ3v) is 4.30. The second-order valence-corrected chi connectivity index (χ2v) is 5.27.